The molecule has 4 rings (SSSR count). The van der Waals surface area contributed by atoms with Crippen LogP contribution < -0.4 is 11.1 Å². The van der Waals surface area contributed by atoms with Gasteiger partial charge in [-0.2, -0.15) is 0 Å². The Hall–Kier alpha value is -2.22. The van der Waals surface area contributed by atoms with E-state index in [2.05, 4.69) is 15.3 Å². The highest BCUT2D eigenvalue weighted by Gasteiger charge is 2.46. The second kappa shape index (κ2) is 7.42. The number of nitrogens with one attached hydrogen (secondary N) is 1. The summed E-state index contributed by atoms with van der Waals surface area (Å²) in [5, 5.41) is 3.35. The lowest BCUT2D eigenvalue weighted by atomic mass is 9.69. The van der Waals surface area contributed by atoms with E-state index in [1.54, 1.807) is 30.1 Å². The molecule has 0 radical (unpaired) electrons. The Morgan fingerprint density at radius 2 is 2.26 bits per heavy atom. The van der Waals surface area contributed by atoms with Crippen molar-refractivity contribution in [2.24, 2.45) is 26.6 Å². The van der Waals surface area contributed by atoms with E-state index >= 15 is 0 Å². The van der Waals surface area contributed by atoms with Crippen LogP contribution in [0.4, 0.5) is 10.1 Å². The molecule has 1 aliphatic carbocycles. The van der Waals surface area contributed by atoms with E-state index in [4.69, 9.17) is 10.7 Å². The van der Waals surface area contributed by atoms with Gasteiger partial charge in [-0.3, -0.25) is 19.8 Å². The van der Waals surface area contributed by atoms with Gasteiger partial charge in [0.2, 0.25) is 0 Å². The molecule has 1 saturated carbocycles. The molecule has 2 aliphatic heterocycles. The number of hydrogen-bond acceptors (Lipinski definition) is 6. The van der Waals surface area contributed by atoms with Crippen molar-refractivity contribution in [2.75, 3.05) is 17.7 Å². The minimum atomic E-state index is -0.632. The van der Waals surface area contributed by atoms with Gasteiger partial charge < -0.3 is 11.1 Å². The molecular weight excluding hydrogens is 365 g/mol. The standard InChI is InChI=1S/C19H22FN5OS/c20-15-5-4-13(24-17(26)16-6-8-22-11-23-16)9-14(15)19-7-2-1-3-12(19)10-27-18(21)25-19/h4-5,8-9,12H,1-3,6-7,10-11H2,(H2,21,25)(H,24,26)/t12-,19-/m0/s1. The van der Waals surface area contributed by atoms with Crippen molar-refractivity contribution < 1.29 is 9.18 Å². The van der Waals surface area contributed by atoms with Crippen LogP contribution in [0.2, 0.25) is 0 Å². The van der Waals surface area contributed by atoms with Gasteiger partial charge in [0.1, 0.15) is 18.2 Å². The van der Waals surface area contributed by atoms with Crippen LogP contribution in [0.3, 0.4) is 0 Å². The summed E-state index contributed by atoms with van der Waals surface area (Å²) in [6.07, 6.45) is 5.99. The van der Waals surface area contributed by atoms with Gasteiger partial charge in [0.05, 0.1) is 5.54 Å². The van der Waals surface area contributed by atoms with E-state index in [-0.39, 0.29) is 24.3 Å². The van der Waals surface area contributed by atoms with Crippen LogP contribution in [0.15, 0.2) is 33.2 Å². The maximum Gasteiger partial charge on any atom is 0.270 e. The summed E-state index contributed by atoms with van der Waals surface area (Å²) in [4.78, 5) is 25.3. The number of aliphatic imine (C=N–C) groups is 3. The van der Waals surface area contributed by atoms with Crippen molar-refractivity contribution in [1.29, 1.82) is 0 Å². The number of amidine groups is 1. The SMILES string of the molecule is NC1=N[C@@]2(c3cc(NC(=O)C4=NCN=CC4)ccc3F)CCCC[C@H]2CS1. The van der Waals surface area contributed by atoms with E-state index < -0.39 is 5.54 Å². The predicted molar refractivity (Wildman–Crippen MR) is 108 cm³/mol. The molecule has 0 bridgehead atoms. The Balaban J connectivity index is 1.67. The summed E-state index contributed by atoms with van der Waals surface area (Å²) in [6.45, 7) is 0.272. The highest BCUT2D eigenvalue weighted by atomic mass is 32.2. The molecule has 6 nitrogen and oxygen atoms in total. The van der Waals surface area contributed by atoms with Gasteiger partial charge in [0.15, 0.2) is 5.17 Å². The Labute approximate surface area is 161 Å². The Morgan fingerprint density at radius 3 is 3.07 bits per heavy atom. The number of thioether (sulfide) groups is 1. The van der Waals surface area contributed by atoms with Crippen LogP contribution in [-0.2, 0) is 10.3 Å². The maximum absolute atomic E-state index is 14.9. The summed E-state index contributed by atoms with van der Waals surface area (Å²) in [5.41, 5.74) is 6.90. The average molecular weight is 387 g/mol. The third-order valence-corrected chi connectivity index (χ3v) is 6.44. The van der Waals surface area contributed by atoms with E-state index in [1.165, 1.54) is 6.07 Å². The van der Waals surface area contributed by atoms with E-state index in [1.807, 2.05) is 0 Å². The van der Waals surface area contributed by atoms with Crippen LogP contribution in [0.25, 0.3) is 0 Å². The highest BCUT2D eigenvalue weighted by Crippen LogP contribution is 2.50. The van der Waals surface area contributed by atoms with E-state index in [9.17, 15) is 9.18 Å². The fourth-order valence-corrected chi connectivity index (χ4v) is 5.17. The van der Waals surface area contributed by atoms with E-state index in [0.717, 1.165) is 31.4 Å². The van der Waals surface area contributed by atoms with Gasteiger partial charge in [-0.1, -0.05) is 24.6 Å². The number of hydrogen-bond donors (Lipinski definition) is 2. The first-order valence-electron chi connectivity index (χ1n) is 9.19. The first kappa shape index (κ1) is 18.2. The molecule has 1 amide bonds. The number of anilines is 1. The molecule has 0 aromatic heterocycles. The van der Waals surface area contributed by atoms with Crippen LogP contribution in [0.5, 0.6) is 0 Å². The second-order valence-corrected chi connectivity index (χ2v) is 8.13. The highest BCUT2D eigenvalue weighted by molar-refractivity contribution is 8.13. The summed E-state index contributed by atoms with van der Waals surface area (Å²) < 4.78 is 14.9. The summed E-state index contributed by atoms with van der Waals surface area (Å²) >= 11 is 1.54. The van der Waals surface area contributed by atoms with Crippen molar-refractivity contribution in [1.82, 2.24) is 0 Å². The number of carbonyl (C=O) groups excluding carboxylic acids is 1. The van der Waals surface area contributed by atoms with Crippen molar-refractivity contribution in [3.63, 3.8) is 0 Å². The van der Waals surface area contributed by atoms with Gasteiger partial charge >= 0.3 is 0 Å². The van der Waals surface area contributed by atoms with Crippen LogP contribution in [0.1, 0.15) is 37.7 Å². The molecule has 1 fully saturated rings. The largest absolute Gasteiger partial charge is 0.379 e. The molecular formula is C19H22FN5OS. The number of halogens is 1. The number of nitrogens with two attached hydrogens (primary N) is 1. The number of rotatable bonds is 3. The number of amides is 1. The molecule has 142 valence electrons. The lowest BCUT2D eigenvalue weighted by Gasteiger charge is -2.44. The molecule has 27 heavy (non-hydrogen) atoms. The number of fused-ring (bicyclic) bond motifs is 1. The van der Waals surface area contributed by atoms with Gasteiger partial charge in [-0.25, -0.2) is 4.39 Å². The molecule has 2 heterocycles. The Morgan fingerprint density at radius 1 is 1.37 bits per heavy atom. The first-order chi connectivity index (χ1) is 13.1. The summed E-state index contributed by atoms with van der Waals surface area (Å²) in [5.74, 6) is 0.522. The van der Waals surface area contributed by atoms with Gasteiger partial charge in [-0.05, 0) is 37.0 Å². The van der Waals surface area contributed by atoms with Crippen LogP contribution in [-0.4, -0.2) is 35.4 Å². The number of carbonyl (C=O) groups is 1. The minimum Gasteiger partial charge on any atom is -0.379 e. The van der Waals surface area contributed by atoms with Crippen molar-refractivity contribution in [2.45, 2.75) is 37.6 Å². The summed E-state index contributed by atoms with van der Waals surface area (Å²) in [7, 11) is 0. The molecule has 1 aromatic carbocycles. The number of nitrogens with zero attached hydrogens (tertiary/aromatic N) is 3. The molecule has 0 unspecified atom stereocenters. The van der Waals surface area contributed by atoms with Crippen molar-refractivity contribution in [3.05, 3.63) is 29.6 Å². The van der Waals surface area contributed by atoms with Crippen LogP contribution >= 0.6 is 11.8 Å². The minimum absolute atomic E-state index is 0.253. The normalized spacial score (nSPS) is 27.4. The maximum atomic E-state index is 14.9. The third-order valence-electron chi connectivity index (χ3n) is 5.49. The van der Waals surface area contributed by atoms with Crippen molar-refractivity contribution >= 4 is 40.5 Å². The first-order valence-corrected chi connectivity index (χ1v) is 10.2. The zero-order chi connectivity index (χ0) is 18.9. The van der Waals surface area contributed by atoms with Crippen LogP contribution in [0, 0.1) is 11.7 Å². The smallest absolute Gasteiger partial charge is 0.270 e. The van der Waals surface area contributed by atoms with Gasteiger partial charge in [-0.15, -0.1) is 0 Å². The fourth-order valence-electron chi connectivity index (χ4n) is 4.13. The molecule has 3 aliphatic rings. The molecule has 1 aromatic rings. The fraction of sp³-hybridized carbons (Fsp3) is 0.474. The van der Waals surface area contributed by atoms with Crippen molar-refractivity contribution in [3.8, 4) is 0 Å². The Kier molecular flexibility index (Phi) is 4.99. The topological polar surface area (TPSA) is 92.2 Å². The average Bonchev–Trinajstić information content (AvgIpc) is 2.69. The zero-order valence-corrected chi connectivity index (χ0v) is 15.8. The predicted octanol–water partition coefficient (Wildman–Crippen LogP) is 3.08. The lowest BCUT2D eigenvalue weighted by Crippen LogP contribution is -2.43. The third kappa shape index (κ3) is 3.50. The molecule has 3 N–H and O–H groups in total. The molecule has 8 heteroatoms. The van der Waals surface area contributed by atoms with E-state index in [0.29, 0.717) is 28.6 Å². The monoisotopic (exact) mass is 387 g/mol. The zero-order valence-electron chi connectivity index (χ0n) is 14.9. The lowest BCUT2D eigenvalue weighted by molar-refractivity contribution is -0.110. The molecule has 2 atom stereocenters. The molecule has 0 spiro atoms. The number of benzene rings is 1. The van der Waals surface area contributed by atoms with Gasteiger partial charge in [0.25, 0.3) is 5.91 Å². The van der Waals surface area contributed by atoms with Gasteiger partial charge in [0, 0.05) is 29.6 Å². The Bertz CT molecular complexity index is 853. The molecule has 0 saturated heterocycles. The summed E-state index contributed by atoms with van der Waals surface area (Å²) in [6, 6.07) is 4.70. The second-order valence-electron chi connectivity index (χ2n) is 7.09. The quantitative estimate of drug-likeness (QED) is 0.835.